The highest BCUT2D eigenvalue weighted by atomic mass is 16.5. The van der Waals surface area contributed by atoms with Gasteiger partial charge < -0.3 is 15.2 Å². The number of ether oxygens (including phenoxy) is 2. The zero-order valence-corrected chi connectivity index (χ0v) is 17.3. The molecule has 3 rings (SSSR count). The summed E-state index contributed by atoms with van der Waals surface area (Å²) in [5.41, 5.74) is 12.2. The lowest BCUT2D eigenvalue weighted by atomic mass is 9.93. The van der Waals surface area contributed by atoms with Crippen molar-refractivity contribution in [2.75, 3.05) is 14.2 Å². The maximum absolute atomic E-state index is 12.1. The summed E-state index contributed by atoms with van der Waals surface area (Å²) in [5.74, 6) is 0.937. The van der Waals surface area contributed by atoms with Gasteiger partial charge >= 0.3 is 0 Å². The zero-order valence-electron chi connectivity index (χ0n) is 17.3. The normalized spacial score (nSPS) is 10.6. The maximum Gasteiger partial charge on any atom is 0.249 e. The number of methoxy groups -OCH3 is 2. The maximum atomic E-state index is 12.1. The molecule has 0 atom stereocenters. The number of hydrogen-bond donors (Lipinski definition) is 1. The van der Waals surface area contributed by atoms with E-state index in [0.29, 0.717) is 23.5 Å². The predicted molar refractivity (Wildman–Crippen MR) is 115 cm³/mol. The molecule has 0 unspecified atom stereocenters. The van der Waals surface area contributed by atoms with E-state index in [9.17, 15) is 4.79 Å². The average Bonchev–Trinajstić information content (AvgIpc) is 2.73. The lowest BCUT2D eigenvalue weighted by molar-refractivity contribution is 0.100. The molecule has 0 aliphatic rings. The second-order valence-electron chi connectivity index (χ2n) is 7.03. The third-order valence-electron chi connectivity index (χ3n) is 5.19. The summed E-state index contributed by atoms with van der Waals surface area (Å²) in [7, 11) is 3.24. The Morgan fingerprint density at radius 2 is 1.69 bits per heavy atom. The van der Waals surface area contributed by atoms with Crippen molar-refractivity contribution in [3.63, 3.8) is 0 Å². The Balaban J connectivity index is 1.98. The van der Waals surface area contributed by atoms with Crippen LogP contribution in [0.15, 0.2) is 48.7 Å². The number of amides is 1. The molecule has 150 valence electrons. The Hall–Kier alpha value is -3.34. The first kappa shape index (κ1) is 20.4. The number of primary amides is 1. The van der Waals surface area contributed by atoms with Gasteiger partial charge in [0.2, 0.25) is 5.91 Å². The van der Waals surface area contributed by atoms with Crippen LogP contribution in [0.4, 0.5) is 0 Å². The van der Waals surface area contributed by atoms with Gasteiger partial charge in [0, 0.05) is 17.5 Å². The quantitative estimate of drug-likeness (QED) is 0.654. The number of benzene rings is 2. The Bertz CT molecular complexity index is 1040. The monoisotopic (exact) mass is 390 g/mol. The van der Waals surface area contributed by atoms with E-state index in [-0.39, 0.29) is 0 Å². The van der Waals surface area contributed by atoms with Crippen LogP contribution in [0, 0.1) is 13.8 Å². The molecular formula is C24H26N2O3. The van der Waals surface area contributed by atoms with Gasteiger partial charge in [-0.1, -0.05) is 24.3 Å². The summed E-state index contributed by atoms with van der Waals surface area (Å²) in [6.45, 7) is 4.12. The van der Waals surface area contributed by atoms with Gasteiger partial charge in [-0.3, -0.25) is 9.78 Å². The van der Waals surface area contributed by atoms with E-state index in [4.69, 9.17) is 15.2 Å². The minimum absolute atomic E-state index is 0.451. The molecule has 0 radical (unpaired) electrons. The molecule has 0 aliphatic heterocycles. The first-order chi connectivity index (χ1) is 13.9. The van der Waals surface area contributed by atoms with Crippen LogP contribution >= 0.6 is 0 Å². The smallest absolute Gasteiger partial charge is 0.249 e. The zero-order chi connectivity index (χ0) is 21.0. The van der Waals surface area contributed by atoms with E-state index >= 15 is 0 Å². The summed E-state index contributed by atoms with van der Waals surface area (Å²) < 4.78 is 10.7. The summed E-state index contributed by atoms with van der Waals surface area (Å²) in [5, 5.41) is 0. The predicted octanol–water partition coefficient (Wildman–Crippen LogP) is 4.27. The lowest BCUT2D eigenvalue weighted by Gasteiger charge is -2.14. The molecule has 0 fully saturated rings. The van der Waals surface area contributed by atoms with Crippen molar-refractivity contribution in [1.82, 2.24) is 4.98 Å². The first-order valence-corrected chi connectivity index (χ1v) is 9.50. The van der Waals surface area contributed by atoms with Crippen molar-refractivity contribution >= 4 is 5.91 Å². The number of nitrogens with two attached hydrogens (primary N) is 1. The van der Waals surface area contributed by atoms with Gasteiger partial charge in [0.1, 0.15) is 0 Å². The highest BCUT2D eigenvalue weighted by molar-refractivity contribution is 6.00. The largest absolute Gasteiger partial charge is 0.493 e. The number of nitrogens with zero attached hydrogens (tertiary/aromatic N) is 1. The number of aromatic nitrogens is 1. The van der Waals surface area contributed by atoms with E-state index in [1.165, 1.54) is 5.56 Å². The van der Waals surface area contributed by atoms with Crippen molar-refractivity contribution in [1.29, 1.82) is 0 Å². The van der Waals surface area contributed by atoms with Gasteiger partial charge in [-0.2, -0.15) is 0 Å². The topological polar surface area (TPSA) is 74.4 Å². The van der Waals surface area contributed by atoms with Crippen molar-refractivity contribution in [2.45, 2.75) is 26.7 Å². The summed E-state index contributed by atoms with van der Waals surface area (Å²) in [4.78, 5) is 16.7. The van der Waals surface area contributed by atoms with Gasteiger partial charge in [0.15, 0.2) is 11.5 Å². The highest BCUT2D eigenvalue weighted by Crippen LogP contribution is 2.31. The van der Waals surface area contributed by atoms with E-state index in [0.717, 1.165) is 34.4 Å². The van der Waals surface area contributed by atoms with Crippen molar-refractivity contribution in [2.24, 2.45) is 5.73 Å². The van der Waals surface area contributed by atoms with E-state index in [2.05, 4.69) is 31.0 Å². The molecule has 2 N–H and O–H groups in total. The molecule has 0 bridgehead atoms. The first-order valence-electron chi connectivity index (χ1n) is 9.50. The molecule has 0 saturated heterocycles. The third-order valence-corrected chi connectivity index (χ3v) is 5.19. The number of pyridine rings is 1. The fourth-order valence-electron chi connectivity index (χ4n) is 3.42. The second kappa shape index (κ2) is 8.78. The summed E-state index contributed by atoms with van der Waals surface area (Å²) >= 11 is 0. The van der Waals surface area contributed by atoms with Crippen LogP contribution in [0.1, 0.15) is 32.7 Å². The highest BCUT2D eigenvalue weighted by Gasteiger charge is 2.16. The molecule has 0 spiro atoms. The molecule has 1 heterocycles. The van der Waals surface area contributed by atoms with Crippen molar-refractivity contribution < 1.29 is 14.3 Å². The number of rotatable bonds is 7. The Morgan fingerprint density at radius 1 is 0.931 bits per heavy atom. The molecule has 1 amide bonds. The molecule has 29 heavy (non-hydrogen) atoms. The molecular weight excluding hydrogens is 364 g/mol. The molecule has 0 saturated carbocycles. The third kappa shape index (κ3) is 4.40. The summed E-state index contributed by atoms with van der Waals surface area (Å²) in [6, 6.07) is 13.7. The Morgan fingerprint density at radius 3 is 2.34 bits per heavy atom. The fraction of sp³-hybridized carbons (Fsp3) is 0.250. The standard InChI is InChI=1S/C24H26N2O3/c1-15-5-8-18(13-16(15)2)23-19(24(25)27)11-12-26-20(23)9-6-17-7-10-21(28-3)22(14-17)29-4/h5,7-8,10-14H,6,9H2,1-4H3,(H2,25,27). The van der Waals surface area contributed by atoms with Crippen LogP contribution in [0.5, 0.6) is 11.5 Å². The number of hydrogen-bond acceptors (Lipinski definition) is 4. The van der Waals surface area contributed by atoms with Crippen LogP contribution < -0.4 is 15.2 Å². The van der Waals surface area contributed by atoms with Crippen LogP contribution in [0.3, 0.4) is 0 Å². The molecule has 1 aromatic heterocycles. The molecule has 3 aromatic rings. The molecule has 0 aliphatic carbocycles. The second-order valence-corrected chi connectivity index (χ2v) is 7.03. The Kier molecular flexibility index (Phi) is 6.17. The molecule has 5 heteroatoms. The minimum Gasteiger partial charge on any atom is -0.493 e. The number of carbonyl (C=O) groups is 1. The van der Waals surface area contributed by atoms with Gasteiger partial charge in [-0.05, 0) is 67.1 Å². The van der Waals surface area contributed by atoms with Crippen LogP contribution in [-0.2, 0) is 12.8 Å². The summed E-state index contributed by atoms with van der Waals surface area (Å²) in [6.07, 6.45) is 3.06. The van der Waals surface area contributed by atoms with Gasteiger partial charge in [-0.25, -0.2) is 0 Å². The SMILES string of the molecule is COc1ccc(CCc2nccc(C(N)=O)c2-c2ccc(C)c(C)c2)cc1OC. The fourth-order valence-corrected chi connectivity index (χ4v) is 3.42. The van der Waals surface area contributed by atoms with E-state index < -0.39 is 5.91 Å². The van der Waals surface area contributed by atoms with E-state index in [1.807, 2.05) is 24.3 Å². The minimum atomic E-state index is -0.451. The number of aryl methyl sites for hydroxylation is 4. The number of carbonyl (C=O) groups excluding carboxylic acids is 1. The van der Waals surface area contributed by atoms with E-state index in [1.54, 1.807) is 26.5 Å². The van der Waals surface area contributed by atoms with Gasteiger partial charge in [0.25, 0.3) is 0 Å². The van der Waals surface area contributed by atoms with Crippen LogP contribution in [0.25, 0.3) is 11.1 Å². The molecule has 2 aromatic carbocycles. The van der Waals surface area contributed by atoms with Crippen molar-refractivity contribution in [3.05, 3.63) is 76.6 Å². The molecule has 5 nitrogen and oxygen atoms in total. The van der Waals surface area contributed by atoms with Gasteiger partial charge in [0.05, 0.1) is 19.8 Å². The Labute approximate surface area is 171 Å². The van der Waals surface area contributed by atoms with Crippen LogP contribution in [0.2, 0.25) is 0 Å². The van der Waals surface area contributed by atoms with Gasteiger partial charge in [-0.15, -0.1) is 0 Å². The average molecular weight is 390 g/mol. The van der Waals surface area contributed by atoms with Crippen LogP contribution in [-0.4, -0.2) is 25.1 Å². The lowest BCUT2D eigenvalue weighted by Crippen LogP contribution is -2.14. The van der Waals surface area contributed by atoms with Crippen molar-refractivity contribution in [3.8, 4) is 22.6 Å².